The molecule has 0 spiro atoms. The van der Waals surface area contributed by atoms with Crippen molar-refractivity contribution in [3.05, 3.63) is 72.1 Å². The molecule has 0 saturated carbocycles. The fourth-order valence-electron chi connectivity index (χ4n) is 2.78. The van der Waals surface area contributed by atoms with E-state index in [1.165, 1.54) is 6.08 Å². The molecule has 1 heterocycles. The van der Waals surface area contributed by atoms with E-state index in [2.05, 4.69) is 27.4 Å². The average Bonchev–Trinajstić information content (AvgIpc) is 3.18. The highest BCUT2D eigenvalue weighted by atomic mass is 16.5. The number of carbonyl (C=O) groups excluding carboxylic acids is 1. The molecule has 154 valence electrons. The van der Waals surface area contributed by atoms with E-state index in [4.69, 9.17) is 9.47 Å². The van der Waals surface area contributed by atoms with Crippen LogP contribution in [0, 0.1) is 13.8 Å². The molecule has 0 unspecified atom stereocenters. The van der Waals surface area contributed by atoms with Crippen molar-refractivity contribution in [3.8, 4) is 17.2 Å². The third-order valence-electron chi connectivity index (χ3n) is 4.30. The molecule has 2 aromatic carbocycles. The van der Waals surface area contributed by atoms with Gasteiger partial charge in [-0.25, -0.2) is 0 Å². The summed E-state index contributed by atoms with van der Waals surface area (Å²) >= 11 is 0. The van der Waals surface area contributed by atoms with Crippen LogP contribution in [0.3, 0.4) is 0 Å². The van der Waals surface area contributed by atoms with E-state index in [1.54, 1.807) is 36.1 Å². The average molecular weight is 405 g/mol. The van der Waals surface area contributed by atoms with Gasteiger partial charge in [-0.15, -0.1) is 5.10 Å². The zero-order valence-corrected chi connectivity index (χ0v) is 17.1. The highest BCUT2D eigenvalue weighted by Crippen LogP contribution is 2.28. The van der Waals surface area contributed by atoms with Crippen molar-refractivity contribution in [3.63, 3.8) is 0 Å². The number of benzene rings is 2. The summed E-state index contributed by atoms with van der Waals surface area (Å²) in [6.07, 6.45) is 4.82. The summed E-state index contributed by atoms with van der Waals surface area (Å²) in [6, 6.07) is 11.0. The molecule has 0 atom stereocenters. The van der Waals surface area contributed by atoms with Gasteiger partial charge >= 0.3 is 0 Å². The van der Waals surface area contributed by atoms with Gasteiger partial charge in [-0.05, 0) is 65.7 Å². The molecule has 3 aromatic rings. The number of hydrogen-bond acceptors (Lipinski definition) is 6. The Kier molecular flexibility index (Phi) is 6.59. The molecule has 0 aliphatic carbocycles. The Balaban J connectivity index is 1.72. The molecular formula is C22H23N5O3. The van der Waals surface area contributed by atoms with Crippen LogP contribution in [-0.2, 0) is 4.79 Å². The van der Waals surface area contributed by atoms with Gasteiger partial charge in [0.25, 0.3) is 0 Å². The Morgan fingerprint density at radius 1 is 1.20 bits per heavy atom. The van der Waals surface area contributed by atoms with E-state index in [9.17, 15) is 4.79 Å². The van der Waals surface area contributed by atoms with E-state index < -0.39 is 0 Å². The fraction of sp³-hybridized carbons (Fsp3) is 0.182. The largest absolute Gasteiger partial charge is 0.493 e. The molecule has 3 rings (SSSR count). The number of nitrogens with zero attached hydrogens (tertiary/aromatic N) is 4. The third kappa shape index (κ3) is 4.91. The summed E-state index contributed by atoms with van der Waals surface area (Å²) in [4.78, 5) is 12.4. The van der Waals surface area contributed by atoms with Gasteiger partial charge in [0.15, 0.2) is 17.3 Å². The zero-order chi connectivity index (χ0) is 21.5. The number of rotatable bonds is 8. The molecule has 1 aromatic heterocycles. The first-order valence-electron chi connectivity index (χ1n) is 9.28. The SMILES string of the molecule is C=CCOc1ccc(/C=C/C(=O)Nc2ccc(C)c(-n3nnnc3C)c2)cc1OC. The quantitative estimate of drug-likeness (QED) is 0.456. The van der Waals surface area contributed by atoms with E-state index in [-0.39, 0.29) is 5.91 Å². The van der Waals surface area contributed by atoms with Crippen LogP contribution in [0.4, 0.5) is 5.69 Å². The molecule has 0 aliphatic heterocycles. The van der Waals surface area contributed by atoms with Crippen LogP contribution in [-0.4, -0.2) is 39.8 Å². The highest BCUT2D eigenvalue weighted by Gasteiger charge is 2.09. The van der Waals surface area contributed by atoms with Gasteiger partial charge in [-0.2, -0.15) is 4.68 Å². The van der Waals surface area contributed by atoms with Crippen molar-refractivity contribution in [2.24, 2.45) is 0 Å². The lowest BCUT2D eigenvalue weighted by molar-refractivity contribution is -0.111. The van der Waals surface area contributed by atoms with E-state index >= 15 is 0 Å². The van der Waals surface area contributed by atoms with E-state index in [0.717, 1.165) is 16.8 Å². The van der Waals surface area contributed by atoms with Gasteiger partial charge in [0.1, 0.15) is 6.61 Å². The number of anilines is 1. The van der Waals surface area contributed by atoms with Gasteiger partial charge < -0.3 is 14.8 Å². The van der Waals surface area contributed by atoms with Crippen LogP contribution in [0.25, 0.3) is 11.8 Å². The lowest BCUT2D eigenvalue weighted by Crippen LogP contribution is -2.09. The van der Waals surface area contributed by atoms with Crippen LogP contribution < -0.4 is 14.8 Å². The molecular weight excluding hydrogens is 382 g/mol. The summed E-state index contributed by atoms with van der Waals surface area (Å²) in [6.45, 7) is 7.79. The second-order valence-electron chi connectivity index (χ2n) is 6.47. The number of methoxy groups -OCH3 is 1. The first kappa shape index (κ1) is 20.8. The van der Waals surface area contributed by atoms with Crippen LogP contribution >= 0.6 is 0 Å². The summed E-state index contributed by atoms with van der Waals surface area (Å²) in [7, 11) is 1.57. The van der Waals surface area contributed by atoms with E-state index in [0.29, 0.717) is 29.6 Å². The topological polar surface area (TPSA) is 91.2 Å². The number of aromatic nitrogens is 4. The smallest absolute Gasteiger partial charge is 0.248 e. The van der Waals surface area contributed by atoms with Crippen LogP contribution in [0.1, 0.15) is 17.0 Å². The molecule has 0 fully saturated rings. The molecule has 0 aliphatic rings. The van der Waals surface area contributed by atoms with Crippen LogP contribution in [0.15, 0.2) is 55.1 Å². The standard InChI is InChI=1S/C22H23N5O3/c1-5-12-30-20-10-7-17(13-21(20)29-4)8-11-22(28)23-18-9-6-15(2)19(14-18)27-16(3)24-25-26-27/h5-11,13-14H,1,12H2,2-4H3,(H,23,28)/b11-8+. The maximum atomic E-state index is 12.4. The second kappa shape index (κ2) is 9.51. The number of ether oxygens (including phenoxy) is 2. The third-order valence-corrected chi connectivity index (χ3v) is 4.30. The maximum absolute atomic E-state index is 12.4. The van der Waals surface area contributed by atoms with Crippen molar-refractivity contribution in [1.29, 1.82) is 0 Å². The van der Waals surface area contributed by atoms with Gasteiger partial charge in [0, 0.05) is 11.8 Å². The first-order chi connectivity index (χ1) is 14.5. The minimum Gasteiger partial charge on any atom is -0.493 e. The van der Waals surface area contributed by atoms with E-state index in [1.807, 2.05) is 38.1 Å². The lowest BCUT2D eigenvalue weighted by Gasteiger charge is -2.10. The molecule has 8 nitrogen and oxygen atoms in total. The van der Waals surface area contributed by atoms with Gasteiger partial charge in [0.05, 0.1) is 12.8 Å². The predicted octanol–water partition coefficient (Wildman–Crippen LogP) is 3.50. The highest BCUT2D eigenvalue weighted by molar-refractivity contribution is 6.02. The fourth-order valence-corrected chi connectivity index (χ4v) is 2.78. The number of carbonyl (C=O) groups is 1. The van der Waals surface area contributed by atoms with Gasteiger partial charge in [-0.1, -0.05) is 24.8 Å². The predicted molar refractivity (Wildman–Crippen MR) is 115 cm³/mol. The minimum atomic E-state index is -0.260. The molecule has 0 saturated heterocycles. The summed E-state index contributed by atoms with van der Waals surface area (Å²) in [5.74, 6) is 1.60. The normalized spacial score (nSPS) is 10.8. The molecule has 30 heavy (non-hydrogen) atoms. The number of aryl methyl sites for hydroxylation is 2. The number of nitrogens with one attached hydrogen (secondary N) is 1. The molecule has 1 amide bonds. The summed E-state index contributed by atoms with van der Waals surface area (Å²) < 4.78 is 12.5. The number of hydrogen-bond donors (Lipinski definition) is 1. The van der Waals surface area contributed by atoms with Crippen molar-refractivity contribution in [2.75, 3.05) is 19.0 Å². The Labute approximate surface area is 174 Å². The molecule has 0 radical (unpaired) electrons. The van der Waals surface area contributed by atoms with Crippen LogP contribution in [0.5, 0.6) is 11.5 Å². The first-order valence-corrected chi connectivity index (χ1v) is 9.28. The van der Waals surface area contributed by atoms with Crippen LogP contribution in [0.2, 0.25) is 0 Å². The number of amides is 1. The molecule has 8 heteroatoms. The Morgan fingerprint density at radius 2 is 2.03 bits per heavy atom. The monoisotopic (exact) mass is 405 g/mol. The Bertz CT molecular complexity index is 1090. The van der Waals surface area contributed by atoms with Crippen molar-refractivity contribution < 1.29 is 14.3 Å². The van der Waals surface area contributed by atoms with Gasteiger partial charge in [0.2, 0.25) is 5.91 Å². The minimum absolute atomic E-state index is 0.260. The Hall–Kier alpha value is -3.94. The molecule has 0 bridgehead atoms. The number of tetrazole rings is 1. The summed E-state index contributed by atoms with van der Waals surface area (Å²) in [5.41, 5.74) is 3.25. The lowest BCUT2D eigenvalue weighted by atomic mass is 10.1. The molecule has 1 N–H and O–H groups in total. The van der Waals surface area contributed by atoms with Gasteiger partial charge in [-0.3, -0.25) is 4.79 Å². The van der Waals surface area contributed by atoms with Crippen molar-refractivity contribution >= 4 is 17.7 Å². The Morgan fingerprint density at radius 3 is 2.73 bits per heavy atom. The summed E-state index contributed by atoms with van der Waals surface area (Å²) in [5, 5.41) is 14.4. The second-order valence-corrected chi connectivity index (χ2v) is 6.47. The zero-order valence-electron chi connectivity index (χ0n) is 17.1. The van der Waals surface area contributed by atoms with Crippen molar-refractivity contribution in [1.82, 2.24) is 20.2 Å². The van der Waals surface area contributed by atoms with Crippen molar-refractivity contribution in [2.45, 2.75) is 13.8 Å². The maximum Gasteiger partial charge on any atom is 0.248 e.